The minimum Gasteiger partial charge on any atom is -0.488 e. The summed E-state index contributed by atoms with van der Waals surface area (Å²) >= 11 is 3.23. The van der Waals surface area contributed by atoms with Gasteiger partial charge >= 0.3 is 18.1 Å². The topological polar surface area (TPSA) is 68.7 Å². The summed E-state index contributed by atoms with van der Waals surface area (Å²) in [6.07, 6.45) is -3.72. The Morgan fingerprint density at radius 2 is 1.49 bits per heavy atom. The van der Waals surface area contributed by atoms with Crippen molar-refractivity contribution in [3.63, 3.8) is 0 Å². The predicted octanol–water partition coefficient (Wildman–Crippen LogP) is 6.88. The molecule has 0 aliphatic rings. The molecule has 3 aromatic carbocycles. The summed E-state index contributed by atoms with van der Waals surface area (Å²) in [5, 5.41) is 0. The molecule has 0 radical (unpaired) electrons. The van der Waals surface area contributed by atoms with Crippen LogP contribution in [0, 0.1) is 0 Å². The third-order valence-electron chi connectivity index (χ3n) is 5.54. The number of carbonyl (C=O) groups is 2. The molecule has 6 nitrogen and oxygen atoms in total. The van der Waals surface area contributed by atoms with E-state index < -0.39 is 24.6 Å². The zero-order valence-corrected chi connectivity index (χ0v) is 22.0. The SMILES string of the molecule is O=C(OCc1ccccc1)c1ccc(N(Cc2ccc(Br)cn2)C(=O)C(F)(F)F)cc1OCc1ccccc1. The van der Waals surface area contributed by atoms with E-state index in [0.29, 0.717) is 9.37 Å². The minimum atomic E-state index is -5.15. The highest BCUT2D eigenvalue weighted by Gasteiger charge is 2.43. The molecule has 0 fully saturated rings. The number of esters is 1. The van der Waals surface area contributed by atoms with Crippen LogP contribution in [0.1, 0.15) is 27.2 Å². The number of halogens is 4. The molecule has 4 rings (SSSR count). The molecule has 0 saturated carbocycles. The van der Waals surface area contributed by atoms with Crippen LogP contribution in [0.5, 0.6) is 5.75 Å². The Kier molecular flexibility index (Phi) is 8.98. The molecule has 0 N–H and O–H groups in total. The Balaban J connectivity index is 1.67. The Morgan fingerprint density at radius 1 is 0.846 bits per heavy atom. The van der Waals surface area contributed by atoms with Crippen LogP contribution < -0.4 is 9.64 Å². The van der Waals surface area contributed by atoms with Gasteiger partial charge in [-0.05, 0) is 51.3 Å². The lowest BCUT2D eigenvalue weighted by Crippen LogP contribution is -2.41. The maximum Gasteiger partial charge on any atom is 0.471 e. The largest absolute Gasteiger partial charge is 0.488 e. The summed E-state index contributed by atoms with van der Waals surface area (Å²) in [6.45, 7) is -0.431. The number of rotatable bonds is 9. The van der Waals surface area contributed by atoms with Gasteiger partial charge in [-0.2, -0.15) is 13.2 Å². The number of carbonyl (C=O) groups excluding carboxylic acids is 2. The number of hydrogen-bond donors (Lipinski definition) is 0. The minimum absolute atomic E-state index is 0.00628. The Labute approximate surface area is 231 Å². The quantitative estimate of drug-likeness (QED) is 0.197. The normalized spacial score (nSPS) is 11.1. The zero-order chi connectivity index (χ0) is 27.8. The third kappa shape index (κ3) is 7.67. The number of ether oxygens (including phenoxy) is 2. The zero-order valence-electron chi connectivity index (χ0n) is 20.4. The highest BCUT2D eigenvalue weighted by atomic mass is 79.9. The first kappa shape index (κ1) is 27.8. The van der Waals surface area contributed by atoms with E-state index in [1.54, 1.807) is 54.6 Å². The fourth-order valence-electron chi connectivity index (χ4n) is 3.60. The van der Waals surface area contributed by atoms with Crippen LogP contribution in [-0.4, -0.2) is 23.0 Å². The van der Waals surface area contributed by atoms with Gasteiger partial charge < -0.3 is 9.47 Å². The molecule has 39 heavy (non-hydrogen) atoms. The van der Waals surface area contributed by atoms with Crippen LogP contribution in [0.15, 0.2) is 102 Å². The first-order valence-corrected chi connectivity index (χ1v) is 12.5. The molecule has 0 unspecified atom stereocenters. The van der Waals surface area contributed by atoms with Crippen molar-refractivity contribution in [2.24, 2.45) is 0 Å². The summed E-state index contributed by atoms with van der Waals surface area (Å²) in [5.74, 6) is -2.84. The van der Waals surface area contributed by atoms with Crippen LogP contribution >= 0.6 is 15.9 Å². The Morgan fingerprint density at radius 3 is 2.08 bits per heavy atom. The molecule has 0 aliphatic heterocycles. The van der Waals surface area contributed by atoms with E-state index in [4.69, 9.17) is 9.47 Å². The van der Waals surface area contributed by atoms with Gasteiger partial charge in [-0.1, -0.05) is 60.7 Å². The number of benzene rings is 3. The average Bonchev–Trinajstić information content (AvgIpc) is 2.94. The van der Waals surface area contributed by atoms with Crippen molar-refractivity contribution >= 4 is 33.5 Å². The molecular weight excluding hydrogens is 577 g/mol. The lowest BCUT2D eigenvalue weighted by atomic mass is 10.1. The number of aromatic nitrogens is 1. The number of anilines is 1. The van der Waals surface area contributed by atoms with Gasteiger partial charge in [0.05, 0.1) is 12.2 Å². The number of hydrogen-bond acceptors (Lipinski definition) is 5. The highest BCUT2D eigenvalue weighted by Crippen LogP contribution is 2.31. The number of amides is 1. The van der Waals surface area contributed by atoms with Gasteiger partial charge in [-0.3, -0.25) is 14.7 Å². The molecule has 1 heterocycles. The van der Waals surface area contributed by atoms with Gasteiger partial charge in [0.1, 0.15) is 24.5 Å². The van der Waals surface area contributed by atoms with Crippen molar-refractivity contribution in [1.29, 1.82) is 0 Å². The van der Waals surface area contributed by atoms with E-state index in [2.05, 4.69) is 20.9 Å². The second kappa shape index (κ2) is 12.6. The summed E-state index contributed by atoms with van der Waals surface area (Å²) in [6, 6.07) is 24.9. The number of nitrogens with zero attached hydrogens (tertiary/aromatic N) is 2. The third-order valence-corrected chi connectivity index (χ3v) is 6.01. The number of alkyl halides is 3. The molecule has 200 valence electrons. The predicted molar refractivity (Wildman–Crippen MR) is 142 cm³/mol. The first-order chi connectivity index (χ1) is 18.7. The van der Waals surface area contributed by atoms with Crippen LogP contribution in [0.2, 0.25) is 0 Å². The van der Waals surface area contributed by atoms with E-state index >= 15 is 0 Å². The van der Waals surface area contributed by atoms with E-state index in [0.717, 1.165) is 11.1 Å². The van der Waals surface area contributed by atoms with E-state index in [-0.39, 0.29) is 35.9 Å². The van der Waals surface area contributed by atoms with Gasteiger partial charge in [-0.15, -0.1) is 0 Å². The molecule has 0 saturated heterocycles. The van der Waals surface area contributed by atoms with Crippen LogP contribution in [0.4, 0.5) is 18.9 Å². The lowest BCUT2D eigenvalue weighted by molar-refractivity contribution is -0.170. The second-order valence-electron chi connectivity index (χ2n) is 8.37. The molecule has 1 aromatic heterocycles. The van der Waals surface area contributed by atoms with Crippen LogP contribution in [0.25, 0.3) is 0 Å². The van der Waals surface area contributed by atoms with Crippen LogP contribution in [-0.2, 0) is 29.3 Å². The maximum absolute atomic E-state index is 13.6. The lowest BCUT2D eigenvalue weighted by Gasteiger charge is -2.24. The second-order valence-corrected chi connectivity index (χ2v) is 9.29. The van der Waals surface area contributed by atoms with Crippen molar-refractivity contribution in [1.82, 2.24) is 4.98 Å². The summed E-state index contributed by atoms with van der Waals surface area (Å²) in [5.41, 5.74) is 1.65. The van der Waals surface area contributed by atoms with Gasteiger partial charge in [0.25, 0.3) is 0 Å². The van der Waals surface area contributed by atoms with Crippen LogP contribution in [0.3, 0.4) is 0 Å². The highest BCUT2D eigenvalue weighted by molar-refractivity contribution is 9.10. The molecule has 0 bridgehead atoms. The summed E-state index contributed by atoms with van der Waals surface area (Å²) in [4.78, 5) is 30.0. The fourth-order valence-corrected chi connectivity index (χ4v) is 3.83. The van der Waals surface area contributed by atoms with Crippen molar-refractivity contribution in [3.8, 4) is 5.75 Å². The average molecular weight is 599 g/mol. The van der Waals surface area contributed by atoms with E-state index in [1.165, 1.54) is 30.5 Å². The standard InChI is InChI=1S/C29H22BrF3N2O4/c30-22-11-12-23(34-16-22)17-35(28(37)29(31,32)33)24-13-14-25(27(36)39-19-21-9-5-2-6-10-21)26(15-24)38-18-20-7-3-1-4-8-20/h1-16H,17-19H2. The van der Waals surface area contributed by atoms with Crippen molar-refractivity contribution in [2.75, 3.05) is 4.90 Å². The number of pyridine rings is 1. The summed E-state index contributed by atoms with van der Waals surface area (Å²) in [7, 11) is 0. The molecule has 0 atom stereocenters. The van der Waals surface area contributed by atoms with Gasteiger partial charge in [-0.25, -0.2) is 4.79 Å². The first-order valence-electron chi connectivity index (χ1n) is 11.7. The van der Waals surface area contributed by atoms with E-state index in [1.807, 2.05) is 12.1 Å². The summed E-state index contributed by atoms with van der Waals surface area (Å²) < 4.78 is 52.6. The molecular formula is C29H22BrF3N2O4. The fraction of sp³-hybridized carbons (Fsp3) is 0.138. The van der Waals surface area contributed by atoms with Crippen molar-refractivity contribution in [2.45, 2.75) is 25.9 Å². The van der Waals surface area contributed by atoms with Gasteiger partial charge in [0, 0.05) is 22.4 Å². The van der Waals surface area contributed by atoms with Crippen molar-refractivity contribution < 1.29 is 32.2 Å². The van der Waals surface area contributed by atoms with Gasteiger partial charge in [0.15, 0.2) is 0 Å². The van der Waals surface area contributed by atoms with Crippen molar-refractivity contribution in [3.05, 3.63) is 124 Å². The molecule has 1 amide bonds. The molecule has 10 heteroatoms. The Hall–Kier alpha value is -4.18. The Bertz CT molecular complexity index is 1420. The molecule has 0 aliphatic carbocycles. The molecule has 4 aromatic rings. The molecule has 0 spiro atoms. The smallest absolute Gasteiger partial charge is 0.471 e. The van der Waals surface area contributed by atoms with Gasteiger partial charge in [0.2, 0.25) is 0 Å². The monoisotopic (exact) mass is 598 g/mol. The van der Waals surface area contributed by atoms with E-state index in [9.17, 15) is 22.8 Å². The maximum atomic E-state index is 13.6.